The van der Waals surface area contributed by atoms with E-state index >= 15 is 0 Å². The zero-order valence-corrected chi connectivity index (χ0v) is 18.1. The minimum absolute atomic E-state index is 0.0103. The summed E-state index contributed by atoms with van der Waals surface area (Å²) in [6.45, 7) is 4.28. The Kier molecular flexibility index (Phi) is 6.97. The van der Waals surface area contributed by atoms with Crippen molar-refractivity contribution in [2.45, 2.75) is 26.0 Å². The second-order valence-electron chi connectivity index (χ2n) is 7.42. The number of rotatable bonds is 8. The maximum atomic E-state index is 13.0. The highest BCUT2D eigenvalue weighted by Crippen LogP contribution is 2.42. The number of nitrogens with zero attached hydrogens (tertiary/aromatic N) is 1. The lowest BCUT2D eigenvalue weighted by molar-refractivity contribution is -0.140. The molecule has 0 aliphatic carbocycles. The molecular formula is C24H27NO6. The maximum absolute atomic E-state index is 13.0. The monoisotopic (exact) mass is 425 g/mol. The molecule has 1 saturated heterocycles. The topological polar surface area (TPSA) is 85.3 Å². The quantitative estimate of drug-likeness (QED) is 0.396. The van der Waals surface area contributed by atoms with Crippen LogP contribution in [0.15, 0.2) is 54.1 Å². The van der Waals surface area contributed by atoms with Crippen LogP contribution in [0.1, 0.15) is 31.0 Å². The fourth-order valence-electron chi connectivity index (χ4n) is 3.63. The van der Waals surface area contributed by atoms with Gasteiger partial charge in [0.15, 0.2) is 0 Å². The van der Waals surface area contributed by atoms with Gasteiger partial charge in [0.1, 0.15) is 17.3 Å². The predicted molar refractivity (Wildman–Crippen MR) is 116 cm³/mol. The highest BCUT2D eigenvalue weighted by molar-refractivity contribution is 6.46. The molecule has 7 heteroatoms. The number of hydrogen-bond acceptors (Lipinski definition) is 6. The predicted octanol–water partition coefficient (Wildman–Crippen LogP) is 3.55. The number of carbonyl (C=O) groups is 2. The Morgan fingerprint density at radius 2 is 1.74 bits per heavy atom. The molecule has 1 heterocycles. The molecule has 0 aromatic heterocycles. The number of aliphatic hydroxyl groups is 1. The average molecular weight is 425 g/mol. The van der Waals surface area contributed by atoms with Crippen LogP contribution in [0.2, 0.25) is 0 Å². The van der Waals surface area contributed by atoms with E-state index in [0.29, 0.717) is 22.6 Å². The number of aliphatic hydroxyl groups excluding tert-OH is 1. The molecule has 1 atom stereocenters. The number of benzene rings is 2. The van der Waals surface area contributed by atoms with E-state index in [4.69, 9.17) is 14.2 Å². The Morgan fingerprint density at radius 3 is 2.35 bits per heavy atom. The standard InChI is InChI=1S/C24H27NO6/c1-15(2)31-17-11-9-16(10-12-17)22(26)20-21(18-7-5-6-8-19(18)30-4)25(13-14-29-3)24(28)23(20)27/h5-12,15,21,26H,13-14H2,1-4H3/t21-/m1/s1. The zero-order valence-electron chi connectivity index (χ0n) is 18.1. The van der Waals surface area contributed by atoms with Crippen molar-refractivity contribution in [1.82, 2.24) is 4.90 Å². The van der Waals surface area contributed by atoms with Gasteiger partial charge in [-0.15, -0.1) is 0 Å². The lowest BCUT2D eigenvalue weighted by Gasteiger charge is -2.26. The SMILES string of the molecule is COCCN1C(=O)C(=O)C(=C(O)c2ccc(OC(C)C)cc2)[C@H]1c1ccccc1OC. The van der Waals surface area contributed by atoms with Crippen molar-refractivity contribution in [2.75, 3.05) is 27.4 Å². The van der Waals surface area contributed by atoms with Gasteiger partial charge in [0.25, 0.3) is 11.7 Å². The summed E-state index contributed by atoms with van der Waals surface area (Å²) < 4.78 is 16.2. The van der Waals surface area contributed by atoms with Crippen LogP contribution in [0.4, 0.5) is 0 Å². The molecule has 1 amide bonds. The minimum Gasteiger partial charge on any atom is -0.507 e. The van der Waals surface area contributed by atoms with E-state index in [-0.39, 0.29) is 30.6 Å². The van der Waals surface area contributed by atoms with E-state index in [1.165, 1.54) is 19.1 Å². The first-order valence-electron chi connectivity index (χ1n) is 10.1. The summed E-state index contributed by atoms with van der Waals surface area (Å²) in [7, 11) is 3.04. The van der Waals surface area contributed by atoms with Crippen LogP contribution in [0.3, 0.4) is 0 Å². The van der Waals surface area contributed by atoms with Crippen LogP contribution >= 0.6 is 0 Å². The molecule has 2 aromatic rings. The second-order valence-corrected chi connectivity index (χ2v) is 7.42. The molecule has 7 nitrogen and oxygen atoms in total. The molecular weight excluding hydrogens is 398 g/mol. The van der Waals surface area contributed by atoms with Crippen LogP contribution in [0, 0.1) is 0 Å². The number of methoxy groups -OCH3 is 2. The molecule has 31 heavy (non-hydrogen) atoms. The van der Waals surface area contributed by atoms with Gasteiger partial charge in [0.05, 0.1) is 31.4 Å². The van der Waals surface area contributed by atoms with Gasteiger partial charge in [-0.2, -0.15) is 0 Å². The van der Waals surface area contributed by atoms with E-state index in [2.05, 4.69) is 0 Å². The lowest BCUT2D eigenvalue weighted by Crippen LogP contribution is -2.32. The first kappa shape index (κ1) is 22.4. The van der Waals surface area contributed by atoms with Crippen molar-refractivity contribution >= 4 is 17.4 Å². The van der Waals surface area contributed by atoms with Crippen molar-refractivity contribution in [1.29, 1.82) is 0 Å². The van der Waals surface area contributed by atoms with Gasteiger partial charge in [-0.25, -0.2) is 0 Å². The van der Waals surface area contributed by atoms with Gasteiger partial charge in [0.2, 0.25) is 0 Å². The Labute approximate surface area is 181 Å². The summed E-state index contributed by atoms with van der Waals surface area (Å²) in [6.07, 6.45) is 0.0103. The van der Waals surface area contributed by atoms with Gasteiger partial charge >= 0.3 is 0 Å². The highest BCUT2D eigenvalue weighted by atomic mass is 16.5. The third-order valence-corrected chi connectivity index (χ3v) is 5.01. The molecule has 164 valence electrons. The van der Waals surface area contributed by atoms with Gasteiger partial charge in [-0.3, -0.25) is 9.59 Å². The van der Waals surface area contributed by atoms with Gasteiger partial charge in [-0.05, 0) is 44.2 Å². The van der Waals surface area contributed by atoms with Crippen LogP contribution in [-0.2, 0) is 14.3 Å². The molecule has 2 aromatic carbocycles. The normalized spacial score (nSPS) is 18.0. The molecule has 1 aliphatic rings. The Bertz CT molecular complexity index is 980. The Balaban J connectivity index is 2.12. The van der Waals surface area contributed by atoms with Crippen LogP contribution in [0.25, 0.3) is 5.76 Å². The highest BCUT2D eigenvalue weighted by Gasteiger charge is 2.46. The molecule has 3 rings (SSSR count). The smallest absolute Gasteiger partial charge is 0.295 e. The summed E-state index contributed by atoms with van der Waals surface area (Å²) in [5.41, 5.74) is 1.05. The second kappa shape index (κ2) is 9.66. The number of ether oxygens (including phenoxy) is 3. The number of Topliss-reactive ketones (excluding diaryl/α,β-unsaturated/α-hetero) is 1. The van der Waals surface area contributed by atoms with Crippen LogP contribution in [0.5, 0.6) is 11.5 Å². The molecule has 1 aliphatic heterocycles. The summed E-state index contributed by atoms with van der Waals surface area (Å²) in [6, 6.07) is 13.1. The van der Waals surface area contributed by atoms with Crippen molar-refractivity contribution in [2.24, 2.45) is 0 Å². The number of para-hydroxylation sites is 1. The summed E-state index contributed by atoms with van der Waals surface area (Å²) in [4.78, 5) is 27.2. The van der Waals surface area contributed by atoms with Gasteiger partial charge < -0.3 is 24.2 Å². The fraction of sp³-hybridized carbons (Fsp3) is 0.333. The van der Waals surface area contributed by atoms with Crippen molar-refractivity contribution in [3.8, 4) is 11.5 Å². The number of likely N-dealkylation sites (tertiary alicyclic amines) is 1. The molecule has 1 N–H and O–H groups in total. The molecule has 0 spiro atoms. The van der Waals surface area contributed by atoms with Gasteiger partial charge in [-0.1, -0.05) is 18.2 Å². The third-order valence-electron chi connectivity index (χ3n) is 5.01. The van der Waals surface area contributed by atoms with Crippen molar-refractivity contribution < 1.29 is 28.9 Å². The first-order valence-corrected chi connectivity index (χ1v) is 10.1. The Hall–Kier alpha value is -3.32. The maximum Gasteiger partial charge on any atom is 0.295 e. The van der Waals surface area contributed by atoms with E-state index < -0.39 is 17.7 Å². The number of hydrogen-bond donors (Lipinski definition) is 1. The van der Waals surface area contributed by atoms with Crippen molar-refractivity contribution in [3.05, 3.63) is 65.2 Å². The summed E-state index contributed by atoms with van der Waals surface area (Å²) in [5, 5.41) is 11.1. The fourth-order valence-corrected chi connectivity index (χ4v) is 3.63. The van der Waals surface area contributed by atoms with E-state index in [1.54, 1.807) is 48.5 Å². The molecule has 1 fully saturated rings. The number of ketones is 1. The van der Waals surface area contributed by atoms with Crippen molar-refractivity contribution in [3.63, 3.8) is 0 Å². The average Bonchev–Trinajstić information content (AvgIpc) is 3.01. The molecule has 0 bridgehead atoms. The van der Waals surface area contributed by atoms with E-state index in [1.807, 2.05) is 13.8 Å². The Morgan fingerprint density at radius 1 is 1.06 bits per heavy atom. The molecule has 0 saturated carbocycles. The number of carbonyl (C=O) groups excluding carboxylic acids is 2. The van der Waals surface area contributed by atoms with E-state index in [9.17, 15) is 14.7 Å². The zero-order chi connectivity index (χ0) is 22.5. The van der Waals surface area contributed by atoms with Gasteiger partial charge in [0, 0.05) is 24.8 Å². The van der Waals surface area contributed by atoms with Crippen LogP contribution in [-0.4, -0.2) is 55.2 Å². The first-order chi connectivity index (χ1) is 14.9. The van der Waals surface area contributed by atoms with Crippen LogP contribution < -0.4 is 9.47 Å². The lowest BCUT2D eigenvalue weighted by atomic mass is 9.94. The van der Waals surface area contributed by atoms with E-state index in [0.717, 1.165) is 0 Å². The summed E-state index contributed by atoms with van der Waals surface area (Å²) >= 11 is 0. The third kappa shape index (κ3) is 4.56. The largest absolute Gasteiger partial charge is 0.507 e. The summed E-state index contributed by atoms with van der Waals surface area (Å²) in [5.74, 6) is -0.511. The number of amides is 1. The minimum atomic E-state index is -0.794. The molecule has 0 radical (unpaired) electrons. The molecule has 0 unspecified atom stereocenters.